The van der Waals surface area contributed by atoms with Gasteiger partial charge in [-0.25, -0.2) is 4.79 Å². The van der Waals surface area contributed by atoms with Crippen LogP contribution in [-0.2, 0) is 14.3 Å². The van der Waals surface area contributed by atoms with Gasteiger partial charge in [0.1, 0.15) is 5.71 Å². The largest absolute Gasteiger partial charge is 0.477 e. The molecule has 2 N–H and O–H groups in total. The third-order valence-corrected chi connectivity index (χ3v) is 4.71. The van der Waals surface area contributed by atoms with Crippen LogP contribution in [0.3, 0.4) is 0 Å². The number of amides is 1. The van der Waals surface area contributed by atoms with Crippen molar-refractivity contribution in [2.45, 2.75) is 11.1 Å². The first-order chi connectivity index (χ1) is 11.4. The predicted octanol–water partition coefficient (Wildman–Crippen LogP) is 1.11. The summed E-state index contributed by atoms with van der Waals surface area (Å²) in [7, 11) is 1.25. The van der Waals surface area contributed by atoms with Gasteiger partial charge in [0.15, 0.2) is 11.7 Å². The molecule has 1 aromatic carbocycles. The number of ether oxygens (including phenoxy) is 1. The van der Waals surface area contributed by atoms with Crippen molar-refractivity contribution < 1.29 is 24.2 Å². The number of carbonyl (C=O) groups is 3. The molecule has 7 nitrogen and oxygen atoms in total. The number of rotatable bonds is 6. The summed E-state index contributed by atoms with van der Waals surface area (Å²) in [5.74, 6) is -1.51. The Morgan fingerprint density at radius 2 is 2.12 bits per heavy atom. The van der Waals surface area contributed by atoms with Gasteiger partial charge in [0.05, 0.1) is 0 Å². The van der Waals surface area contributed by atoms with E-state index in [-0.39, 0.29) is 11.5 Å². The molecule has 1 amide bonds. The SMILES string of the molecule is C=C1CS[C@H]([C@@](C=O)(NC(=O)c2ccccc2)OC)N=C1C(=O)O. The lowest BCUT2D eigenvalue weighted by atomic mass is 10.1. The number of aldehydes is 1. The van der Waals surface area contributed by atoms with Gasteiger partial charge in [0.25, 0.3) is 5.91 Å². The van der Waals surface area contributed by atoms with Gasteiger partial charge in [-0.05, 0) is 17.7 Å². The van der Waals surface area contributed by atoms with Gasteiger partial charge in [0.2, 0.25) is 5.72 Å². The van der Waals surface area contributed by atoms with Gasteiger partial charge in [-0.3, -0.25) is 14.6 Å². The Morgan fingerprint density at radius 1 is 1.46 bits per heavy atom. The molecule has 8 heteroatoms. The van der Waals surface area contributed by atoms with E-state index < -0.39 is 23.0 Å². The number of nitrogens with zero attached hydrogens (tertiary/aromatic N) is 1. The van der Waals surface area contributed by atoms with E-state index in [1.54, 1.807) is 30.3 Å². The Bertz CT molecular complexity index is 704. The first-order valence-electron chi connectivity index (χ1n) is 6.93. The van der Waals surface area contributed by atoms with Gasteiger partial charge in [-0.1, -0.05) is 24.8 Å². The second-order valence-corrected chi connectivity index (χ2v) is 6.05. The number of aliphatic carboxylic acids is 1. The topological polar surface area (TPSA) is 105 Å². The monoisotopic (exact) mass is 348 g/mol. The summed E-state index contributed by atoms with van der Waals surface area (Å²) in [6, 6.07) is 8.30. The number of methoxy groups -OCH3 is 1. The molecule has 0 radical (unpaired) electrons. The highest BCUT2D eigenvalue weighted by Gasteiger charge is 2.44. The maximum atomic E-state index is 12.4. The Labute approximate surface area is 142 Å². The summed E-state index contributed by atoms with van der Waals surface area (Å²) in [5.41, 5.74) is -1.32. The number of hydrogen-bond acceptors (Lipinski definition) is 6. The van der Waals surface area contributed by atoms with Gasteiger partial charge in [-0.15, -0.1) is 11.8 Å². The van der Waals surface area contributed by atoms with E-state index in [9.17, 15) is 19.5 Å². The minimum atomic E-state index is -1.78. The van der Waals surface area contributed by atoms with Crippen molar-refractivity contribution in [2.75, 3.05) is 12.9 Å². The lowest BCUT2D eigenvalue weighted by molar-refractivity contribution is -0.131. The summed E-state index contributed by atoms with van der Waals surface area (Å²) in [6.45, 7) is 3.64. The molecular formula is C16H16N2O5S. The zero-order valence-electron chi connectivity index (χ0n) is 12.9. The second kappa shape index (κ2) is 7.41. The molecule has 0 spiro atoms. The molecule has 2 rings (SSSR count). The molecule has 2 atom stereocenters. The summed E-state index contributed by atoms with van der Waals surface area (Å²) in [4.78, 5) is 39.3. The maximum Gasteiger partial charge on any atom is 0.354 e. The Morgan fingerprint density at radius 3 is 2.67 bits per heavy atom. The molecule has 0 aliphatic carbocycles. The van der Waals surface area contributed by atoms with E-state index in [0.29, 0.717) is 17.4 Å². The first kappa shape index (κ1) is 17.9. The number of aliphatic imine (C=N–C) groups is 1. The molecule has 126 valence electrons. The van der Waals surface area contributed by atoms with Crippen LogP contribution in [0.4, 0.5) is 0 Å². The van der Waals surface area contributed by atoms with E-state index in [2.05, 4.69) is 16.9 Å². The third-order valence-electron chi connectivity index (χ3n) is 3.42. The Balaban J connectivity index is 2.34. The van der Waals surface area contributed by atoms with E-state index in [1.165, 1.54) is 7.11 Å². The number of hydrogen-bond donors (Lipinski definition) is 2. The lowest BCUT2D eigenvalue weighted by Gasteiger charge is -2.35. The Hall–Kier alpha value is -2.45. The van der Waals surface area contributed by atoms with Crippen molar-refractivity contribution >= 4 is 35.6 Å². The normalized spacial score (nSPS) is 19.8. The summed E-state index contributed by atoms with van der Waals surface area (Å²) in [5, 5.41) is 10.8. The van der Waals surface area contributed by atoms with Crippen molar-refractivity contribution in [2.24, 2.45) is 4.99 Å². The molecule has 0 saturated heterocycles. The fourth-order valence-corrected chi connectivity index (χ4v) is 3.24. The van der Waals surface area contributed by atoms with E-state index in [4.69, 9.17) is 4.74 Å². The summed E-state index contributed by atoms with van der Waals surface area (Å²) < 4.78 is 5.23. The number of carboxylic acid groups (broad SMARTS) is 1. The minimum Gasteiger partial charge on any atom is -0.477 e. The number of nitrogens with one attached hydrogen (secondary N) is 1. The molecule has 1 aliphatic rings. The number of thioether (sulfide) groups is 1. The standard InChI is InChI=1S/C16H16N2O5S/c1-10-8-24-15(17-12(10)14(21)22)16(9-19,23-2)18-13(20)11-6-4-3-5-7-11/h3-7,9,15H,1,8H2,2H3,(H,18,20)(H,21,22)/t15-,16+/m1/s1. The van der Waals surface area contributed by atoms with Crippen LogP contribution >= 0.6 is 11.8 Å². The summed E-state index contributed by atoms with van der Waals surface area (Å²) in [6.07, 6.45) is 0.419. The number of carbonyl (C=O) groups excluding carboxylic acids is 2. The molecule has 0 fully saturated rings. The average Bonchev–Trinajstić information content (AvgIpc) is 2.60. The van der Waals surface area contributed by atoms with Gasteiger partial charge in [-0.2, -0.15) is 0 Å². The molecule has 0 bridgehead atoms. The van der Waals surface area contributed by atoms with Crippen molar-refractivity contribution in [3.8, 4) is 0 Å². The zero-order valence-corrected chi connectivity index (χ0v) is 13.7. The first-order valence-corrected chi connectivity index (χ1v) is 7.98. The highest BCUT2D eigenvalue weighted by atomic mass is 32.2. The molecule has 1 aromatic rings. The highest BCUT2D eigenvalue weighted by molar-refractivity contribution is 8.00. The quantitative estimate of drug-likeness (QED) is 0.589. The van der Waals surface area contributed by atoms with Gasteiger partial charge < -0.3 is 15.2 Å². The lowest BCUT2D eigenvalue weighted by Crippen LogP contribution is -2.58. The van der Waals surface area contributed by atoms with Crippen LogP contribution in [0, 0.1) is 0 Å². The molecule has 0 aromatic heterocycles. The van der Waals surface area contributed by atoms with Crippen molar-refractivity contribution in [1.82, 2.24) is 5.32 Å². The molecule has 0 unspecified atom stereocenters. The van der Waals surface area contributed by atoms with E-state index in [1.807, 2.05) is 0 Å². The van der Waals surface area contributed by atoms with Crippen LogP contribution in [0.1, 0.15) is 10.4 Å². The maximum absolute atomic E-state index is 12.4. The number of carboxylic acids is 1. The number of benzene rings is 1. The van der Waals surface area contributed by atoms with Gasteiger partial charge >= 0.3 is 5.97 Å². The van der Waals surface area contributed by atoms with Crippen molar-refractivity contribution in [3.63, 3.8) is 0 Å². The smallest absolute Gasteiger partial charge is 0.354 e. The van der Waals surface area contributed by atoms with E-state index >= 15 is 0 Å². The summed E-state index contributed by atoms with van der Waals surface area (Å²) >= 11 is 1.16. The highest BCUT2D eigenvalue weighted by Crippen LogP contribution is 2.31. The fraction of sp³-hybridized carbons (Fsp3) is 0.250. The van der Waals surface area contributed by atoms with Crippen molar-refractivity contribution in [1.29, 1.82) is 0 Å². The fourth-order valence-electron chi connectivity index (χ4n) is 2.11. The third kappa shape index (κ3) is 3.55. The molecule has 0 saturated carbocycles. The molecule has 1 heterocycles. The van der Waals surface area contributed by atoms with Crippen LogP contribution in [-0.4, -0.2) is 52.9 Å². The molecule has 1 aliphatic heterocycles. The van der Waals surface area contributed by atoms with Crippen LogP contribution in [0.2, 0.25) is 0 Å². The Kier molecular flexibility index (Phi) is 5.53. The second-order valence-electron chi connectivity index (χ2n) is 4.99. The van der Waals surface area contributed by atoms with Crippen molar-refractivity contribution in [3.05, 3.63) is 48.0 Å². The van der Waals surface area contributed by atoms with Crippen LogP contribution < -0.4 is 5.32 Å². The van der Waals surface area contributed by atoms with E-state index in [0.717, 1.165) is 11.8 Å². The van der Waals surface area contributed by atoms with Crippen LogP contribution in [0.5, 0.6) is 0 Å². The molecular weight excluding hydrogens is 332 g/mol. The van der Waals surface area contributed by atoms with Crippen LogP contribution in [0.15, 0.2) is 47.5 Å². The van der Waals surface area contributed by atoms with Gasteiger partial charge in [0, 0.05) is 18.4 Å². The molecule has 24 heavy (non-hydrogen) atoms. The van der Waals surface area contributed by atoms with Crippen LogP contribution in [0.25, 0.3) is 0 Å². The average molecular weight is 348 g/mol. The zero-order chi connectivity index (χ0) is 17.7. The minimum absolute atomic E-state index is 0.226. The predicted molar refractivity (Wildman–Crippen MR) is 90.2 cm³/mol.